The number of carbonyl (C=O) groups excluding carboxylic acids is 3. The highest BCUT2D eigenvalue weighted by atomic mass is 16.2. The van der Waals surface area contributed by atoms with Crippen LogP contribution < -0.4 is 11.1 Å². The van der Waals surface area contributed by atoms with Crippen LogP contribution in [0.3, 0.4) is 0 Å². The SMILES string of the molecule is CC(C(N)=O)C1CCCN1C(=O)CNC=O. The molecule has 90 valence electrons. The second-order valence-corrected chi connectivity index (χ2v) is 3.99. The largest absolute Gasteiger partial charge is 0.369 e. The number of nitrogens with zero attached hydrogens (tertiary/aromatic N) is 1. The summed E-state index contributed by atoms with van der Waals surface area (Å²) in [5.41, 5.74) is 5.23. The molecule has 0 aliphatic carbocycles. The molecule has 0 saturated carbocycles. The second kappa shape index (κ2) is 5.48. The van der Waals surface area contributed by atoms with E-state index in [1.807, 2.05) is 0 Å². The quantitative estimate of drug-likeness (QED) is 0.580. The standard InChI is InChI=1S/C10H17N3O3/c1-7(10(11)16)8-3-2-4-13(8)9(15)5-12-6-14/h6-8H,2-5H2,1H3,(H2,11,16)(H,12,14). The Labute approximate surface area is 94.2 Å². The molecule has 1 saturated heterocycles. The average molecular weight is 227 g/mol. The van der Waals surface area contributed by atoms with Gasteiger partial charge in [0.05, 0.1) is 12.5 Å². The lowest BCUT2D eigenvalue weighted by Gasteiger charge is -2.27. The smallest absolute Gasteiger partial charge is 0.242 e. The molecule has 1 fully saturated rings. The van der Waals surface area contributed by atoms with Crippen molar-refractivity contribution < 1.29 is 14.4 Å². The number of amides is 3. The van der Waals surface area contributed by atoms with Gasteiger partial charge in [-0.05, 0) is 12.8 Å². The van der Waals surface area contributed by atoms with Crippen molar-refractivity contribution in [1.82, 2.24) is 10.2 Å². The van der Waals surface area contributed by atoms with Crippen LogP contribution in [0.15, 0.2) is 0 Å². The van der Waals surface area contributed by atoms with Crippen LogP contribution in [0, 0.1) is 5.92 Å². The number of hydrogen-bond donors (Lipinski definition) is 2. The van der Waals surface area contributed by atoms with E-state index in [-0.39, 0.29) is 24.4 Å². The second-order valence-electron chi connectivity index (χ2n) is 3.99. The predicted molar refractivity (Wildman–Crippen MR) is 57.2 cm³/mol. The van der Waals surface area contributed by atoms with Gasteiger partial charge in [0, 0.05) is 12.6 Å². The van der Waals surface area contributed by atoms with Gasteiger partial charge in [0.2, 0.25) is 18.2 Å². The number of hydrogen-bond acceptors (Lipinski definition) is 3. The van der Waals surface area contributed by atoms with Crippen molar-refractivity contribution in [3.8, 4) is 0 Å². The van der Waals surface area contributed by atoms with Gasteiger partial charge in [-0.3, -0.25) is 14.4 Å². The average Bonchev–Trinajstić information content (AvgIpc) is 2.73. The first-order chi connectivity index (χ1) is 7.57. The summed E-state index contributed by atoms with van der Waals surface area (Å²) in [5, 5.41) is 2.33. The number of carbonyl (C=O) groups is 3. The predicted octanol–water partition coefficient (Wildman–Crippen LogP) is -1.16. The van der Waals surface area contributed by atoms with Crippen LogP contribution >= 0.6 is 0 Å². The summed E-state index contributed by atoms with van der Waals surface area (Å²) in [5.74, 6) is -0.904. The summed E-state index contributed by atoms with van der Waals surface area (Å²) in [6.45, 7) is 2.33. The van der Waals surface area contributed by atoms with Crippen LogP contribution in [-0.2, 0) is 14.4 Å². The number of nitrogens with one attached hydrogen (secondary N) is 1. The molecule has 0 bridgehead atoms. The Morgan fingerprint density at radius 2 is 2.31 bits per heavy atom. The third-order valence-electron chi connectivity index (χ3n) is 2.98. The summed E-state index contributed by atoms with van der Waals surface area (Å²) in [6, 6.07) is -0.126. The molecule has 1 heterocycles. The molecule has 6 heteroatoms. The molecule has 1 aliphatic heterocycles. The van der Waals surface area contributed by atoms with Crippen molar-refractivity contribution >= 4 is 18.2 Å². The van der Waals surface area contributed by atoms with Crippen LogP contribution in [0.5, 0.6) is 0 Å². The van der Waals surface area contributed by atoms with E-state index in [9.17, 15) is 14.4 Å². The number of rotatable bonds is 5. The van der Waals surface area contributed by atoms with E-state index < -0.39 is 5.91 Å². The normalized spacial score (nSPS) is 21.6. The third kappa shape index (κ3) is 2.71. The minimum atomic E-state index is -0.395. The molecule has 0 aromatic rings. The number of primary amides is 1. The molecule has 2 unspecified atom stereocenters. The van der Waals surface area contributed by atoms with E-state index in [2.05, 4.69) is 5.32 Å². The summed E-state index contributed by atoms with van der Waals surface area (Å²) < 4.78 is 0. The fraction of sp³-hybridized carbons (Fsp3) is 0.700. The zero-order valence-corrected chi connectivity index (χ0v) is 9.31. The van der Waals surface area contributed by atoms with Crippen molar-refractivity contribution in [3.05, 3.63) is 0 Å². The molecule has 0 aromatic carbocycles. The summed E-state index contributed by atoms with van der Waals surface area (Å²) >= 11 is 0. The summed E-state index contributed by atoms with van der Waals surface area (Å²) in [7, 11) is 0. The van der Waals surface area contributed by atoms with Crippen LogP contribution in [0.1, 0.15) is 19.8 Å². The molecule has 6 nitrogen and oxygen atoms in total. The first kappa shape index (κ1) is 12.5. The van der Waals surface area contributed by atoms with Gasteiger partial charge in [0.1, 0.15) is 0 Å². The molecule has 3 amide bonds. The van der Waals surface area contributed by atoms with Gasteiger partial charge in [-0.25, -0.2) is 0 Å². The highest BCUT2D eigenvalue weighted by Crippen LogP contribution is 2.23. The van der Waals surface area contributed by atoms with Gasteiger partial charge < -0.3 is 16.0 Å². The molecule has 0 radical (unpaired) electrons. The molecule has 3 N–H and O–H groups in total. The number of likely N-dealkylation sites (tertiary alicyclic amines) is 1. The van der Waals surface area contributed by atoms with E-state index in [0.717, 1.165) is 12.8 Å². The van der Waals surface area contributed by atoms with Gasteiger partial charge in [0.15, 0.2) is 0 Å². The lowest BCUT2D eigenvalue weighted by Crippen LogP contribution is -2.46. The van der Waals surface area contributed by atoms with Gasteiger partial charge in [-0.1, -0.05) is 6.92 Å². The van der Waals surface area contributed by atoms with Crippen LogP contribution in [-0.4, -0.2) is 42.3 Å². The molecular weight excluding hydrogens is 210 g/mol. The minimum Gasteiger partial charge on any atom is -0.369 e. The van der Waals surface area contributed by atoms with Crippen molar-refractivity contribution in [1.29, 1.82) is 0 Å². The highest BCUT2D eigenvalue weighted by molar-refractivity contribution is 5.82. The molecule has 0 aromatic heterocycles. The van der Waals surface area contributed by atoms with Gasteiger partial charge in [-0.15, -0.1) is 0 Å². The fourth-order valence-corrected chi connectivity index (χ4v) is 2.04. The minimum absolute atomic E-state index is 0.0223. The zero-order valence-electron chi connectivity index (χ0n) is 9.31. The summed E-state index contributed by atoms with van der Waals surface area (Å²) in [4.78, 5) is 34.5. The van der Waals surface area contributed by atoms with Gasteiger partial charge in [-0.2, -0.15) is 0 Å². The third-order valence-corrected chi connectivity index (χ3v) is 2.98. The van der Waals surface area contributed by atoms with Gasteiger partial charge >= 0.3 is 0 Å². The number of nitrogens with two attached hydrogens (primary N) is 1. The maximum absolute atomic E-state index is 11.7. The van der Waals surface area contributed by atoms with E-state index in [1.165, 1.54) is 0 Å². The molecule has 0 spiro atoms. The Morgan fingerprint density at radius 3 is 2.88 bits per heavy atom. The first-order valence-corrected chi connectivity index (χ1v) is 5.33. The fourth-order valence-electron chi connectivity index (χ4n) is 2.04. The maximum Gasteiger partial charge on any atom is 0.242 e. The van der Waals surface area contributed by atoms with Crippen LogP contribution in [0.2, 0.25) is 0 Å². The molecular formula is C10H17N3O3. The topological polar surface area (TPSA) is 92.5 Å². The molecule has 1 aliphatic rings. The molecule has 16 heavy (non-hydrogen) atoms. The molecule has 2 atom stereocenters. The summed E-state index contributed by atoms with van der Waals surface area (Å²) in [6.07, 6.45) is 2.15. The van der Waals surface area contributed by atoms with Crippen LogP contribution in [0.4, 0.5) is 0 Å². The Bertz CT molecular complexity index is 293. The highest BCUT2D eigenvalue weighted by Gasteiger charge is 2.34. The van der Waals surface area contributed by atoms with Crippen molar-refractivity contribution in [3.63, 3.8) is 0 Å². The van der Waals surface area contributed by atoms with E-state index in [1.54, 1.807) is 11.8 Å². The zero-order chi connectivity index (χ0) is 12.1. The van der Waals surface area contributed by atoms with Crippen molar-refractivity contribution in [2.45, 2.75) is 25.8 Å². The van der Waals surface area contributed by atoms with Crippen LogP contribution in [0.25, 0.3) is 0 Å². The Kier molecular flexibility index (Phi) is 4.28. The van der Waals surface area contributed by atoms with E-state index >= 15 is 0 Å². The lowest BCUT2D eigenvalue weighted by atomic mass is 9.99. The van der Waals surface area contributed by atoms with E-state index in [0.29, 0.717) is 13.0 Å². The maximum atomic E-state index is 11.7. The van der Waals surface area contributed by atoms with Crippen molar-refractivity contribution in [2.75, 3.05) is 13.1 Å². The Balaban J connectivity index is 2.61. The Hall–Kier alpha value is -1.59. The van der Waals surface area contributed by atoms with Crippen molar-refractivity contribution in [2.24, 2.45) is 11.7 Å². The Morgan fingerprint density at radius 1 is 1.62 bits per heavy atom. The van der Waals surface area contributed by atoms with Gasteiger partial charge in [0.25, 0.3) is 0 Å². The first-order valence-electron chi connectivity index (χ1n) is 5.33. The monoisotopic (exact) mass is 227 g/mol. The molecule has 1 rings (SSSR count). The van der Waals surface area contributed by atoms with E-state index in [4.69, 9.17) is 5.73 Å². The lowest BCUT2D eigenvalue weighted by molar-refractivity contribution is -0.134.